The molecule has 0 spiro atoms. The quantitative estimate of drug-likeness (QED) is 0.397. The van der Waals surface area contributed by atoms with E-state index in [4.69, 9.17) is 0 Å². The van der Waals surface area contributed by atoms with Crippen molar-refractivity contribution in [2.24, 2.45) is 0 Å². The summed E-state index contributed by atoms with van der Waals surface area (Å²) >= 11 is 0. The number of hydrogen-bond acceptors (Lipinski definition) is 0. The van der Waals surface area contributed by atoms with E-state index in [9.17, 15) is 0 Å². The van der Waals surface area contributed by atoms with Crippen LogP contribution < -0.4 is 0 Å². The van der Waals surface area contributed by atoms with Gasteiger partial charge in [0, 0.05) is 0 Å². The summed E-state index contributed by atoms with van der Waals surface area (Å²) in [7, 11) is 0. The summed E-state index contributed by atoms with van der Waals surface area (Å²) in [5.74, 6) is 0. The van der Waals surface area contributed by atoms with Gasteiger partial charge in [-0.15, -0.1) is 17.0 Å². The Balaban J connectivity index is 0. The van der Waals surface area contributed by atoms with Crippen LogP contribution in [0.2, 0.25) is 0 Å². The van der Waals surface area contributed by atoms with Gasteiger partial charge in [-0.25, -0.2) is 0 Å². The van der Waals surface area contributed by atoms with Crippen LogP contribution in [0.3, 0.4) is 0 Å². The van der Waals surface area contributed by atoms with Crippen LogP contribution in [0.4, 0.5) is 0 Å². The Kier molecular flexibility index (Phi) is 253. The molecule has 0 heterocycles. The molecule has 0 aromatic heterocycles. The average molecular weight is 159 g/mol. The zero-order valence-corrected chi connectivity index (χ0v) is 6.04. The Morgan fingerprint density at radius 2 is 1.00 bits per heavy atom. The van der Waals surface area contributed by atoms with E-state index in [-0.39, 0.29) is 68.5 Å². The van der Waals surface area contributed by atoms with E-state index < -0.39 is 0 Å². The number of hydrogen-bond donors (Lipinski definition) is 0. The van der Waals surface area contributed by atoms with Crippen LogP contribution in [0.25, 0.3) is 0 Å². The maximum absolute atomic E-state index is 0. The van der Waals surface area contributed by atoms with Crippen LogP contribution in [0.1, 0.15) is 2.85 Å². The average Bonchev–Trinajstić information content (AvgIpc) is 0. The Labute approximate surface area is 67.9 Å². The first-order valence-electron chi connectivity index (χ1n) is 0. The van der Waals surface area contributed by atoms with Gasteiger partial charge >= 0.3 is 37.7 Å². The first-order valence-corrected chi connectivity index (χ1v) is 0. The predicted molar refractivity (Wildman–Crippen MR) is 25.5 cm³/mol. The second-order valence-electron chi connectivity index (χ2n) is 0. The standard InChI is InChI=1S/BrH.Ca.2H2O.2H/h1H;;2*1H2;;/q;+2;;;2*-1. The normalized spacial score (nSPS) is 0. The molecule has 0 fully saturated rings. The minimum absolute atomic E-state index is 0. The van der Waals surface area contributed by atoms with Crippen molar-refractivity contribution >= 4 is 54.7 Å². The zero-order chi connectivity index (χ0) is 0. The van der Waals surface area contributed by atoms with Crippen molar-refractivity contribution in [3.8, 4) is 0 Å². The van der Waals surface area contributed by atoms with Gasteiger partial charge in [-0.2, -0.15) is 0 Å². The Morgan fingerprint density at radius 1 is 1.00 bits per heavy atom. The van der Waals surface area contributed by atoms with Crippen LogP contribution in [0.5, 0.6) is 0 Å². The van der Waals surface area contributed by atoms with Gasteiger partial charge in [0.25, 0.3) is 0 Å². The summed E-state index contributed by atoms with van der Waals surface area (Å²) in [4.78, 5) is 0. The van der Waals surface area contributed by atoms with Crippen molar-refractivity contribution < 1.29 is 13.8 Å². The monoisotopic (exact) mass is 158 g/mol. The van der Waals surface area contributed by atoms with Crippen LogP contribution >= 0.6 is 17.0 Å². The van der Waals surface area contributed by atoms with Gasteiger partial charge < -0.3 is 13.8 Å². The molecule has 4 heavy (non-hydrogen) atoms. The summed E-state index contributed by atoms with van der Waals surface area (Å²) in [5.41, 5.74) is 0. The second-order valence-corrected chi connectivity index (χ2v) is 0. The Hall–Kier alpha value is 1.66. The van der Waals surface area contributed by atoms with Gasteiger partial charge in [0.15, 0.2) is 0 Å². The van der Waals surface area contributed by atoms with Gasteiger partial charge in [0.1, 0.15) is 0 Å². The fourth-order valence-corrected chi connectivity index (χ4v) is 0. The van der Waals surface area contributed by atoms with E-state index in [0.29, 0.717) is 0 Å². The molecular weight excluding hydrogens is 152 g/mol. The smallest absolute Gasteiger partial charge is 1.00 e. The molecule has 0 saturated heterocycles. The molecule has 4 heteroatoms. The molecule has 0 aliphatic rings. The molecule has 28 valence electrons. The van der Waals surface area contributed by atoms with Gasteiger partial charge in [0.05, 0.1) is 0 Å². The predicted octanol–water partition coefficient (Wildman–Crippen LogP) is -1.23. The molecule has 0 atom stereocenters. The minimum atomic E-state index is 0. The molecular formula is H7BrCaO2. The molecule has 0 aliphatic carbocycles. The minimum Gasteiger partial charge on any atom is -1.00 e. The SMILES string of the molecule is Br.O.O.[Ca+2].[H-].[H-]. The van der Waals surface area contributed by atoms with Crippen molar-refractivity contribution in [1.29, 1.82) is 0 Å². The third-order valence-corrected chi connectivity index (χ3v) is 0. The van der Waals surface area contributed by atoms with Crippen molar-refractivity contribution in [3.05, 3.63) is 0 Å². The summed E-state index contributed by atoms with van der Waals surface area (Å²) < 4.78 is 0. The second kappa shape index (κ2) is 22.7. The van der Waals surface area contributed by atoms with Crippen molar-refractivity contribution in [2.75, 3.05) is 0 Å². The first kappa shape index (κ1) is 44.6. The van der Waals surface area contributed by atoms with E-state index in [1.807, 2.05) is 0 Å². The molecule has 4 N–H and O–H groups in total. The van der Waals surface area contributed by atoms with Crippen LogP contribution in [-0.4, -0.2) is 48.7 Å². The van der Waals surface area contributed by atoms with E-state index >= 15 is 0 Å². The molecule has 0 unspecified atom stereocenters. The van der Waals surface area contributed by atoms with E-state index in [1.165, 1.54) is 0 Å². The van der Waals surface area contributed by atoms with Crippen LogP contribution in [0, 0.1) is 0 Å². The zero-order valence-electron chi connectivity index (χ0n) is 4.12. The molecule has 2 nitrogen and oxygen atoms in total. The van der Waals surface area contributed by atoms with Gasteiger partial charge in [0.2, 0.25) is 0 Å². The summed E-state index contributed by atoms with van der Waals surface area (Å²) in [6.07, 6.45) is 0. The largest absolute Gasteiger partial charge is 2.00 e. The molecule has 0 rings (SSSR count). The molecule has 0 radical (unpaired) electrons. The third-order valence-electron chi connectivity index (χ3n) is 0. The van der Waals surface area contributed by atoms with Crippen molar-refractivity contribution in [3.63, 3.8) is 0 Å². The molecule has 0 aromatic carbocycles. The van der Waals surface area contributed by atoms with Gasteiger partial charge in [-0.3, -0.25) is 0 Å². The van der Waals surface area contributed by atoms with E-state index in [0.717, 1.165) is 0 Å². The maximum atomic E-state index is 0. The topological polar surface area (TPSA) is 63.0 Å². The van der Waals surface area contributed by atoms with E-state index in [1.54, 1.807) is 0 Å². The molecule has 0 aromatic rings. The first-order chi connectivity index (χ1) is 0. The maximum Gasteiger partial charge on any atom is 2.00 e. The fourth-order valence-electron chi connectivity index (χ4n) is 0. The van der Waals surface area contributed by atoms with E-state index in [2.05, 4.69) is 0 Å². The summed E-state index contributed by atoms with van der Waals surface area (Å²) in [5, 5.41) is 0. The molecule has 0 bridgehead atoms. The van der Waals surface area contributed by atoms with Crippen molar-refractivity contribution in [2.45, 2.75) is 0 Å². The molecule has 0 aliphatic heterocycles. The molecule has 0 saturated carbocycles. The number of halogens is 1. The molecule has 0 amide bonds. The fraction of sp³-hybridized carbons (Fsp3) is 0. The summed E-state index contributed by atoms with van der Waals surface area (Å²) in [6.45, 7) is 0. The van der Waals surface area contributed by atoms with Gasteiger partial charge in [-0.05, 0) is 0 Å². The summed E-state index contributed by atoms with van der Waals surface area (Å²) in [6, 6.07) is 0. The van der Waals surface area contributed by atoms with Crippen LogP contribution in [0.15, 0.2) is 0 Å². The van der Waals surface area contributed by atoms with Crippen LogP contribution in [-0.2, 0) is 0 Å². The van der Waals surface area contributed by atoms with Gasteiger partial charge in [-0.1, -0.05) is 0 Å². The number of rotatable bonds is 0. The third kappa shape index (κ3) is 9.40. The Morgan fingerprint density at radius 3 is 1.00 bits per heavy atom. The Bertz CT molecular complexity index is 11.5. The van der Waals surface area contributed by atoms with Crippen molar-refractivity contribution in [1.82, 2.24) is 0 Å².